The lowest BCUT2D eigenvalue weighted by Gasteiger charge is -2.25. The van der Waals surface area contributed by atoms with Gasteiger partial charge >= 0.3 is 0 Å². The van der Waals surface area contributed by atoms with Crippen LogP contribution in [-0.2, 0) is 4.74 Å². The summed E-state index contributed by atoms with van der Waals surface area (Å²) in [6.45, 7) is 2.66. The summed E-state index contributed by atoms with van der Waals surface area (Å²) in [5.74, 6) is 0.985. The fraction of sp³-hybridized carbons (Fsp3) is 0.500. The molecule has 1 unspecified atom stereocenters. The van der Waals surface area contributed by atoms with E-state index in [1.807, 2.05) is 18.9 Å². The van der Waals surface area contributed by atoms with Crippen LogP contribution in [0.15, 0.2) is 6.20 Å². The molecule has 2 aromatic rings. The summed E-state index contributed by atoms with van der Waals surface area (Å²) < 4.78 is 5.13. The number of ether oxygens (including phenoxy) is 1. The quantitative estimate of drug-likeness (QED) is 0.798. The number of aromatic nitrogens is 4. The monoisotopic (exact) mass is 236 g/mol. The third-order valence-electron chi connectivity index (χ3n) is 2.71. The fourth-order valence-electron chi connectivity index (χ4n) is 1.67. The molecule has 3 N–H and O–H groups in total. The van der Waals surface area contributed by atoms with Crippen molar-refractivity contribution in [2.75, 3.05) is 31.4 Å². The summed E-state index contributed by atoms with van der Waals surface area (Å²) in [5.41, 5.74) is 6.31. The number of fused-ring (bicyclic) bond motifs is 1. The Bertz CT molecular complexity index is 510. The van der Waals surface area contributed by atoms with E-state index in [1.165, 1.54) is 0 Å². The van der Waals surface area contributed by atoms with Crippen LogP contribution in [-0.4, -0.2) is 47.0 Å². The zero-order valence-corrected chi connectivity index (χ0v) is 10.1. The van der Waals surface area contributed by atoms with Gasteiger partial charge in [-0.3, -0.25) is 5.10 Å². The summed E-state index contributed by atoms with van der Waals surface area (Å²) >= 11 is 0. The number of hydrogen-bond acceptors (Lipinski definition) is 6. The molecule has 0 radical (unpaired) electrons. The highest BCUT2D eigenvalue weighted by molar-refractivity contribution is 5.87. The lowest BCUT2D eigenvalue weighted by atomic mass is 10.3. The van der Waals surface area contributed by atoms with Gasteiger partial charge in [-0.25, -0.2) is 0 Å². The van der Waals surface area contributed by atoms with Gasteiger partial charge in [-0.2, -0.15) is 15.1 Å². The maximum absolute atomic E-state index is 5.67. The number of nitrogens with two attached hydrogens (primary N) is 1. The molecule has 7 heteroatoms. The van der Waals surface area contributed by atoms with E-state index in [4.69, 9.17) is 10.5 Å². The first-order valence-corrected chi connectivity index (χ1v) is 5.32. The minimum absolute atomic E-state index is 0.187. The van der Waals surface area contributed by atoms with E-state index < -0.39 is 0 Å². The SMILES string of the molecule is COCC(C)N(C)c1nc(N)nc2[nH]ncc12. The summed E-state index contributed by atoms with van der Waals surface area (Å²) in [4.78, 5) is 10.3. The first-order chi connectivity index (χ1) is 8.13. The van der Waals surface area contributed by atoms with Gasteiger partial charge in [-0.1, -0.05) is 0 Å². The number of nitrogens with zero attached hydrogens (tertiary/aromatic N) is 4. The molecule has 1 atom stereocenters. The summed E-state index contributed by atoms with van der Waals surface area (Å²) in [7, 11) is 3.62. The highest BCUT2D eigenvalue weighted by atomic mass is 16.5. The number of likely N-dealkylation sites (N-methyl/N-ethyl adjacent to an activating group) is 1. The standard InChI is InChI=1S/C10H16N6O/c1-6(5-17-3)16(2)9-7-4-12-15-8(7)13-10(11)14-9/h4,6H,5H2,1-3H3,(H3,11,12,13,14,15). The van der Waals surface area contributed by atoms with E-state index in [0.717, 1.165) is 11.2 Å². The average Bonchev–Trinajstić information content (AvgIpc) is 2.75. The average molecular weight is 236 g/mol. The van der Waals surface area contributed by atoms with Crippen LogP contribution in [0.2, 0.25) is 0 Å². The van der Waals surface area contributed by atoms with E-state index in [1.54, 1.807) is 13.3 Å². The van der Waals surface area contributed by atoms with Gasteiger partial charge in [0.1, 0.15) is 5.82 Å². The number of H-pyrrole nitrogens is 1. The molecule has 0 aliphatic carbocycles. The highest BCUT2D eigenvalue weighted by Crippen LogP contribution is 2.23. The van der Waals surface area contributed by atoms with Crippen LogP contribution < -0.4 is 10.6 Å². The lowest BCUT2D eigenvalue weighted by Crippen LogP contribution is -2.33. The number of nitrogen functional groups attached to an aromatic ring is 1. The maximum atomic E-state index is 5.67. The molecule has 0 fully saturated rings. The van der Waals surface area contributed by atoms with E-state index in [9.17, 15) is 0 Å². The van der Waals surface area contributed by atoms with Crippen molar-refractivity contribution in [3.05, 3.63) is 6.20 Å². The van der Waals surface area contributed by atoms with E-state index in [2.05, 4.69) is 20.2 Å². The van der Waals surface area contributed by atoms with Crippen LogP contribution in [0.3, 0.4) is 0 Å². The molecule has 0 aromatic carbocycles. The second-order valence-electron chi connectivity index (χ2n) is 3.95. The van der Waals surface area contributed by atoms with Gasteiger partial charge in [0.15, 0.2) is 5.65 Å². The molecule has 0 amide bonds. The van der Waals surface area contributed by atoms with E-state index in [0.29, 0.717) is 12.3 Å². The van der Waals surface area contributed by atoms with Crippen LogP contribution in [0.4, 0.5) is 11.8 Å². The smallest absolute Gasteiger partial charge is 0.224 e. The largest absolute Gasteiger partial charge is 0.383 e. The van der Waals surface area contributed by atoms with Gasteiger partial charge in [0, 0.05) is 14.2 Å². The van der Waals surface area contributed by atoms with Crippen LogP contribution in [0.5, 0.6) is 0 Å². The Morgan fingerprint density at radius 3 is 3.00 bits per heavy atom. The normalized spacial score (nSPS) is 12.9. The van der Waals surface area contributed by atoms with Crippen molar-refractivity contribution in [3.63, 3.8) is 0 Å². The number of anilines is 2. The molecule has 2 heterocycles. The molecule has 0 saturated heterocycles. The Hall–Kier alpha value is -1.89. The van der Waals surface area contributed by atoms with Crippen molar-refractivity contribution in [1.29, 1.82) is 0 Å². The summed E-state index contributed by atoms with van der Waals surface area (Å²) in [6.07, 6.45) is 1.69. The maximum Gasteiger partial charge on any atom is 0.224 e. The minimum atomic E-state index is 0.187. The molecular weight excluding hydrogens is 220 g/mol. The first-order valence-electron chi connectivity index (χ1n) is 5.32. The van der Waals surface area contributed by atoms with Gasteiger partial charge in [-0.15, -0.1) is 0 Å². The van der Waals surface area contributed by atoms with Crippen molar-refractivity contribution in [2.24, 2.45) is 0 Å². The third kappa shape index (κ3) is 2.14. The van der Waals surface area contributed by atoms with Crippen molar-refractivity contribution in [3.8, 4) is 0 Å². The second kappa shape index (κ2) is 4.54. The molecular formula is C10H16N6O. The zero-order chi connectivity index (χ0) is 12.4. The lowest BCUT2D eigenvalue weighted by molar-refractivity contribution is 0.183. The number of rotatable bonds is 4. The molecule has 0 bridgehead atoms. The van der Waals surface area contributed by atoms with E-state index in [-0.39, 0.29) is 12.0 Å². The Balaban J connectivity index is 2.43. The topological polar surface area (TPSA) is 93.0 Å². The van der Waals surface area contributed by atoms with Crippen molar-refractivity contribution in [2.45, 2.75) is 13.0 Å². The Morgan fingerprint density at radius 2 is 2.29 bits per heavy atom. The van der Waals surface area contributed by atoms with Crippen LogP contribution in [0.25, 0.3) is 11.0 Å². The first kappa shape index (κ1) is 11.6. The third-order valence-corrected chi connectivity index (χ3v) is 2.71. The Morgan fingerprint density at radius 1 is 1.53 bits per heavy atom. The zero-order valence-electron chi connectivity index (χ0n) is 10.1. The second-order valence-corrected chi connectivity index (χ2v) is 3.95. The van der Waals surface area contributed by atoms with Gasteiger partial charge in [0.05, 0.1) is 24.2 Å². The molecule has 7 nitrogen and oxygen atoms in total. The molecule has 0 saturated carbocycles. The summed E-state index contributed by atoms with van der Waals surface area (Å²) in [6, 6.07) is 0.187. The number of nitrogens with one attached hydrogen (secondary N) is 1. The molecule has 0 spiro atoms. The predicted molar refractivity (Wildman–Crippen MR) is 65.8 cm³/mol. The minimum Gasteiger partial charge on any atom is -0.383 e. The van der Waals surface area contributed by atoms with Crippen molar-refractivity contribution in [1.82, 2.24) is 20.2 Å². The number of aromatic amines is 1. The van der Waals surface area contributed by atoms with Crippen LogP contribution in [0, 0.1) is 0 Å². The van der Waals surface area contributed by atoms with E-state index >= 15 is 0 Å². The molecule has 2 rings (SSSR count). The Kier molecular flexibility index (Phi) is 3.10. The molecule has 17 heavy (non-hydrogen) atoms. The predicted octanol–water partition coefficient (Wildman–Crippen LogP) is 0.406. The van der Waals surface area contributed by atoms with Gasteiger partial charge in [0.2, 0.25) is 5.95 Å². The molecule has 0 aliphatic rings. The van der Waals surface area contributed by atoms with Gasteiger partial charge in [0.25, 0.3) is 0 Å². The van der Waals surface area contributed by atoms with Gasteiger partial charge in [-0.05, 0) is 6.92 Å². The summed E-state index contributed by atoms with van der Waals surface area (Å²) in [5, 5.41) is 7.59. The van der Waals surface area contributed by atoms with Gasteiger partial charge < -0.3 is 15.4 Å². The Labute approximate surface area is 99.0 Å². The van der Waals surface area contributed by atoms with Crippen molar-refractivity contribution < 1.29 is 4.74 Å². The molecule has 2 aromatic heterocycles. The molecule has 0 aliphatic heterocycles. The fourth-order valence-corrected chi connectivity index (χ4v) is 1.67. The highest BCUT2D eigenvalue weighted by Gasteiger charge is 2.16. The van der Waals surface area contributed by atoms with Crippen LogP contribution in [0.1, 0.15) is 6.92 Å². The van der Waals surface area contributed by atoms with Crippen LogP contribution >= 0.6 is 0 Å². The van der Waals surface area contributed by atoms with Crippen molar-refractivity contribution >= 4 is 22.8 Å². The molecule has 92 valence electrons. The number of methoxy groups -OCH3 is 1. The number of hydrogen-bond donors (Lipinski definition) is 2.